The summed E-state index contributed by atoms with van der Waals surface area (Å²) in [5, 5.41) is 0. The van der Waals surface area contributed by atoms with Crippen LogP contribution in [-0.2, 0) is 16.8 Å². The molecule has 0 spiro atoms. The summed E-state index contributed by atoms with van der Waals surface area (Å²) in [5.41, 5.74) is 7.13. The summed E-state index contributed by atoms with van der Waals surface area (Å²) in [6, 6.07) is 7.21. The zero-order chi connectivity index (χ0) is 13.8. The van der Waals surface area contributed by atoms with Crippen LogP contribution in [0.4, 0.5) is 5.69 Å². The Bertz CT molecular complexity index is 467. The van der Waals surface area contributed by atoms with Crippen LogP contribution in [0.2, 0.25) is 0 Å². The highest BCUT2D eigenvalue weighted by atomic mass is 32.2. The normalized spacial score (nSPS) is 11.8. The first-order chi connectivity index (χ1) is 8.47. The van der Waals surface area contributed by atoms with Gasteiger partial charge in [-0.1, -0.05) is 26.0 Å². The van der Waals surface area contributed by atoms with E-state index in [1.165, 1.54) is 8.61 Å². The highest BCUT2D eigenvalue weighted by Crippen LogP contribution is 2.19. The minimum Gasteiger partial charge on any atom is -0.326 e. The van der Waals surface area contributed by atoms with Gasteiger partial charge in [-0.25, -0.2) is 0 Å². The maximum absolute atomic E-state index is 12.3. The van der Waals surface area contributed by atoms with Crippen molar-refractivity contribution in [3.8, 4) is 0 Å². The van der Waals surface area contributed by atoms with Gasteiger partial charge < -0.3 is 5.73 Å². The van der Waals surface area contributed by atoms with Gasteiger partial charge in [0.25, 0.3) is 0 Å². The lowest BCUT2D eigenvalue weighted by Gasteiger charge is -2.27. The van der Waals surface area contributed by atoms with Crippen LogP contribution in [0.1, 0.15) is 19.4 Å². The number of hydrogen-bond donors (Lipinski definition) is 1. The first kappa shape index (κ1) is 14.9. The van der Waals surface area contributed by atoms with Gasteiger partial charge in [-0.2, -0.15) is 12.7 Å². The van der Waals surface area contributed by atoms with E-state index < -0.39 is 10.2 Å². The van der Waals surface area contributed by atoms with Crippen LogP contribution in [0.5, 0.6) is 0 Å². The summed E-state index contributed by atoms with van der Waals surface area (Å²) >= 11 is 0. The number of rotatable bonds is 6. The van der Waals surface area contributed by atoms with Crippen molar-refractivity contribution in [3.05, 3.63) is 29.8 Å². The van der Waals surface area contributed by atoms with Crippen molar-refractivity contribution in [1.29, 1.82) is 0 Å². The molecule has 0 radical (unpaired) electrons. The number of benzene rings is 1. The molecule has 0 aliphatic carbocycles. The molecule has 0 aliphatic rings. The zero-order valence-electron chi connectivity index (χ0n) is 11.1. The van der Waals surface area contributed by atoms with Gasteiger partial charge in [0.2, 0.25) is 0 Å². The van der Waals surface area contributed by atoms with E-state index in [2.05, 4.69) is 0 Å². The second-order valence-electron chi connectivity index (χ2n) is 3.93. The van der Waals surface area contributed by atoms with Gasteiger partial charge >= 0.3 is 10.2 Å². The summed E-state index contributed by atoms with van der Waals surface area (Å²) in [4.78, 5) is 0. The third-order valence-corrected chi connectivity index (χ3v) is 4.99. The minimum absolute atomic E-state index is 0.451. The fourth-order valence-corrected chi connectivity index (χ4v) is 3.09. The molecule has 0 bridgehead atoms. The van der Waals surface area contributed by atoms with Crippen LogP contribution in [0.3, 0.4) is 0 Å². The Morgan fingerprint density at radius 3 is 2.00 bits per heavy atom. The number of hydrogen-bond acceptors (Lipinski definition) is 3. The van der Waals surface area contributed by atoms with E-state index in [9.17, 15) is 8.42 Å². The third-order valence-electron chi connectivity index (χ3n) is 2.91. The smallest absolute Gasteiger partial charge is 0.303 e. The summed E-state index contributed by atoms with van der Waals surface area (Å²) in [6.07, 6.45) is 0. The van der Waals surface area contributed by atoms with Crippen LogP contribution in [-0.4, -0.2) is 32.9 Å². The third kappa shape index (κ3) is 3.01. The maximum Gasteiger partial charge on any atom is 0.303 e. The molecule has 0 amide bonds. The molecule has 2 N–H and O–H groups in total. The van der Waals surface area contributed by atoms with E-state index in [4.69, 9.17) is 5.73 Å². The largest absolute Gasteiger partial charge is 0.326 e. The van der Waals surface area contributed by atoms with E-state index >= 15 is 0 Å². The molecule has 1 rings (SSSR count). The van der Waals surface area contributed by atoms with Crippen LogP contribution in [0, 0.1) is 0 Å². The molecular formula is C12H21N3O2S. The summed E-state index contributed by atoms with van der Waals surface area (Å²) < 4.78 is 27.3. The predicted octanol–water partition coefficient (Wildman–Crippen LogP) is 1.17. The lowest BCUT2D eigenvalue weighted by Crippen LogP contribution is -2.41. The van der Waals surface area contributed by atoms with Crippen molar-refractivity contribution in [1.82, 2.24) is 4.31 Å². The Kier molecular flexibility index (Phi) is 5.13. The van der Waals surface area contributed by atoms with Gasteiger partial charge in [0.1, 0.15) is 0 Å². The van der Waals surface area contributed by atoms with E-state index in [1.54, 1.807) is 19.2 Å². The van der Waals surface area contributed by atoms with Crippen LogP contribution in [0.25, 0.3) is 0 Å². The average molecular weight is 271 g/mol. The molecule has 0 saturated heterocycles. The maximum atomic E-state index is 12.3. The minimum atomic E-state index is -3.44. The summed E-state index contributed by atoms with van der Waals surface area (Å²) in [6.45, 7) is 5.03. The quantitative estimate of drug-likeness (QED) is 0.844. The molecule has 18 heavy (non-hydrogen) atoms. The Labute approximate surface area is 109 Å². The first-order valence-electron chi connectivity index (χ1n) is 6.00. The van der Waals surface area contributed by atoms with Gasteiger partial charge in [0.05, 0.1) is 5.69 Å². The van der Waals surface area contributed by atoms with Crippen LogP contribution < -0.4 is 10.0 Å². The molecule has 1 aromatic rings. The molecule has 0 aliphatic heterocycles. The Morgan fingerprint density at radius 2 is 1.61 bits per heavy atom. The number of nitrogens with zero attached hydrogens (tertiary/aromatic N) is 2. The van der Waals surface area contributed by atoms with Crippen molar-refractivity contribution < 1.29 is 8.42 Å². The van der Waals surface area contributed by atoms with Crippen molar-refractivity contribution in [3.63, 3.8) is 0 Å². The van der Waals surface area contributed by atoms with Gasteiger partial charge in [-0.15, -0.1) is 0 Å². The molecule has 5 nitrogen and oxygen atoms in total. The fraction of sp³-hybridized carbons (Fsp3) is 0.500. The molecule has 0 atom stereocenters. The molecule has 0 saturated carbocycles. The summed E-state index contributed by atoms with van der Waals surface area (Å²) in [5.74, 6) is 0. The number of nitrogens with two attached hydrogens (primary N) is 1. The van der Waals surface area contributed by atoms with Gasteiger partial charge in [-0.3, -0.25) is 4.31 Å². The fourth-order valence-electron chi connectivity index (χ4n) is 1.70. The Morgan fingerprint density at radius 1 is 1.11 bits per heavy atom. The molecule has 0 fully saturated rings. The van der Waals surface area contributed by atoms with E-state index in [-0.39, 0.29) is 0 Å². The lowest BCUT2D eigenvalue weighted by atomic mass is 10.2. The van der Waals surface area contributed by atoms with E-state index in [1.807, 2.05) is 26.0 Å². The SMILES string of the molecule is CCN(CC)S(=O)(=O)N(C)c1ccc(CN)cc1. The predicted molar refractivity (Wildman–Crippen MR) is 74.6 cm³/mol. The second kappa shape index (κ2) is 6.17. The monoisotopic (exact) mass is 271 g/mol. The molecule has 0 heterocycles. The first-order valence-corrected chi connectivity index (χ1v) is 7.40. The Balaban J connectivity index is 3.01. The van der Waals surface area contributed by atoms with Gasteiger partial charge in [-0.05, 0) is 17.7 Å². The Hall–Kier alpha value is -1.11. The molecular weight excluding hydrogens is 250 g/mol. The average Bonchev–Trinajstić information content (AvgIpc) is 2.39. The highest BCUT2D eigenvalue weighted by molar-refractivity contribution is 7.90. The number of anilines is 1. The molecule has 1 aromatic carbocycles. The standard InChI is InChI=1S/C12H21N3O2S/c1-4-15(5-2)18(16,17)14(3)12-8-6-11(10-13)7-9-12/h6-9H,4-5,10,13H2,1-3H3. The molecule has 0 aromatic heterocycles. The van der Waals surface area contributed by atoms with Crippen molar-refractivity contribution >= 4 is 15.9 Å². The van der Waals surface area contributed by atoms with E-state index in [0.717, 1.165) is 5.56 Å². The molecule has 6 heteroatoms. The summed E-state index contributed by atoms with van der Waals surface area (Å²) in [7, 11) is -1.88. The lowest BCUT2D eigenvalue weighted by molar-refractivity contribution is 0.444. The molecule has 102 valence electrons. The van der Waals surface area contributed by atoms with Crippen LogP contribution in [0.15, 0.2) is 24.3 Å². The van der Waals surface area contributed by atoms with E-state index in [0.29, 0.717) is 25.3 Å². The highest BCUT2D eigenvalue weighted by Gasteiger charge is 2.24. The second-order valence-corrected chi connectivity index (χ2v) is 5.89. The topological polar surface area (TPSA) is 66.6 Å². The van der Waals surface area contributed by atoms with Crippen molar-refractivity contribution in [2.75, 3.05) is 24.4 Å². The zero-order valence-corrected chi connectivity index (χ0v) is 11.9. The van der Waals surface area contributed by atoms with Crippen LogP contribution >= 0.6 is 0 Å². The van der Waals surface area contributed by atoms with Crippen molar-refractivity contribution in [2.24, 2.45) is 5.73 Å². The molecule has 0 unspecified atom stereocenters. The van der Waals surface area contributed by atoms with Crippen molar-refractivity contribution in [2.45, 2.75) is 20.4 Å². The van der Waals surface area contributed by atoms with Gasteiger partial charge in [0.15, 0.2) is 0 Å². The van der Waals surface area contributed by atoms with Gasteiger partial charge in [0, 0.05) is 26.7 Å².